The monoisotopic (exact) mass is 234 g/mol. The van der Waals surface area contributed by atoms with Gasteiger partial charge < -0.3 is 16.2 Å². The molecular weight excluding hydrogens is 216 g/mol. The molecule has 15 heavy (non-hydrogen) atoms. The molecular formula is C9H18N2O3S. The standard InChI is InChI=1S/C9H18N2O3S/c1-6(2)8(9(13)14)11-7(12)5-15-4-3-10/h6,8H,3-5,10H2,1-2H3,(H,11,12)(H,13,14). The number of nitrogens with two attached hydrogens (primary N) is 1. The van der Waals surface area contributed by atoms with Crippen molar-refractivity contribution in [2.75, 3.05) is 18.1 Å². The van der Waals surface area contributed by atoms with Crippen LogP contribution in [-0.2, 0) is 9.59 Å². The molecule has 0 aliphatic rings. The predicted octanol–water partition coefficient (Wildman–Crippen LogP) is -0.0963. The number of amides is 1. The first-order valence-corrected chi connectivity index (χ1v) is 5.94. The summed E-state index contributed by atoms with van der Waals surface area (Å²) in [6, 6.07) is -0.809. The number of aliphatic carboxylic acids is 1. The molecule has 0 fully saturated rings. The van der Waals surface area contributed by atoms with Gasteiger partial charge in [-0.1, -0.05) is 13.8 Å². The maximum Gasteiger partial charge on any atom is 0.326 e. The Balaban J connectivity index is 3.95. The van der Waals surface area contributed by atoms with E-state index in [0.717, 1.165) is 0 Å². The van der Waals surface area contributed by atoms with Crippen LogP contribution in [0.5, 0.6) is 0 Å². The summed E-state index contributed by atoms with van der Waals surface area (Å²) in [6.07, 6.45) is 0. The highest BCUT2D eigenvalue weighted by Gasteiger charge is 2.22. The molecule has 1 unspecified atom stereocenters. The van der Waals surface area contributed by atoms with Gasteiger partial charge in [0, 0.05) is 12.3 Å². The lowest BCUT2D eigenvalue weighted by molar-refractivity contribution is -0.142. The molecule has 1 amide bonds. The average molecular weight is 234 g/mol. The van der Waals surface area contributed by atoms with Crippen molar-refractivity contribution in [2.45, 2.75) is 19.9 Å². The van der Waals surface area contributed by atoms with Crippen molar-refractivity contribution in [3.05, 3.63) is 0 Å². The normalized spacial score (nSPS) is 12.5. The first-order chi connectivity index (χ1) is 6.99. The summed E-state index contributed by atoms with van der Waals surface area (Å²) in [5, 5.41) is 11.3. The number of thioether (sulfide) groups is 1. The highest BCUT2D eigenvalue weighted by atomic mass is 32.2. The molecule has 0 aromatic carbocycles. The fraction of sp³-hybridized carbons (Fsp3) is 0.778. The molecule has 6 heteroatoms. The number of rotatable bonds is 7. The summed E-state index contributed by atoms with van der Waals surface area (Å²) < 4.78 is 0. The van der Waals surface area contributed by atoms with Crippen LogP contribution in [0.2, 0.25) is 0 Å². The van der Waals surface area contributed by atoms with Crippen LogP contribution in [0.1, 0.15) is 13.8 Å². The second-order valence-electron chi connectivity index (χ2n) is 3.47. The van der Waals surface area contributed by atoms with Gasteiger partial charge in [0.1, 0.15) is 6.04 Å². The largest absolute Gasteiger partial charge is 0.480 e. The summed E-state index contributed by atoms with van der Waals surface area (Å²) in [5.74, 6) is -0.414. The van der Waals surface area contributed by atoms with Gasteiger partial charge in [-0.3, -0.25) is 4.79 Å². The molecule has 0 aliphatic heterocycles. The van der Waals surface area contributed by atoms with Gasteiger partial charge in [-0.05, 0) is 5.92 Å². The number of hydrogen-bond donors (Lipinski definition) is 3. The quantitative estimate of drug-likeness (QED) is 0.535. The Kier molecular flexibility index (Phi) is 7.15. The van der Waals surface area contributed by atoms with Crippen molar-refractivity contribution in [2.24, 2.45) is 11.7 Å². The van der Waals surface area contributed by atoms with Crippen molar-refractivity contribution in [1.29, 1.82) is 0 Å². The first-order valence-electron chi connectivity index (χ1n) is 4.79. The molecule has 0 saturated carbocycles. The topological polar surface area (TPSA) is 92.4 Å². The van der Waals surface area contributed by atoms with Crippen molar-refractivity contribution in [3.63, 3.8) is 0 Å². The summed E-state index contributed by atoms with van der Waals surface area (Å²) in [4.78, 5) is 22.1. The van der Waals surface area contributed by atoms with Crippen LogP contribution in [0.25, 0.3) is 0 Å². The fourth-order valence-corrected chi connectivity index (χ4v) is 1.56. The Labute approximate surface area is 93.8 Å². The van der Waals surface area contributed by atoms with Gasteiger partial charge in [0.15, 0.2) is 0 Å². The molecule has 0 aromatic heterocycles. The van der Waals surface area contributed by atoms with Gasteiger partial charge >= 0.3 is 5.97 Å². The highest BCUT2D eigenvalue weighted by molar-refractivity contribution is 7.99. The SMILES string of the molecule is CC(C)C(NC(=O)CSCCN)C(=O)O. The van der Waals surface area contributed by atoms with E-state index in [1.165, 1.54) is 11.8 Å². The molecule has 4 N–H and O–H groups in total. The van der Waals surface area contributed by atoms with Gasteiger partial charge in [0.2, 0.25) is 5.91 Å². The van der Waals surface area contributed by atoms with Crippen LogP contribution < -0.4 is 11.1 Å². The van der Waals surface area contributed by atoms with Crippen LogP contribution in [0.15, 0.2) is 0 Å². The molecule has 0 saturated heterocycles. The molecule has 0 heterocycles. The molecule has 0 bridgehead atoms. The Morgan fingerprint density at radius 1 is 1.47 bits per heavy atom. The first kappa shape index (κ1) is 14.2. The Morgan fingerprint density at radius 2 is 2.07 bits per heavy atom. The third-order valence-electron chi connectivity index (χ3n) is 1.74. The lowest BCUT2D eigenvalue weighted by Gasteiger charge is -2.17. The van der Waals surface area contributed by atoms with E-state index in [0.29, 0.717) is 12.3 Å². The van der Waals surface area contributed by atoms with Crippen molar-refractivity contribution >= 4 is 23.6 Å². The third-order valence-corrected chi connectivity index (χ3v) is 2.74. The number of hydrogen-bond acceptors (Lipinski definition) is 4. The minimum Gasteiger partial charge on any atom is -0.480 e. The zero-order valence-corrected chi connectivity index (χ0v) is 9.84. The second kappa shape index (κ2) is 7.53. The van der Waals surface area contributed by atoms with Gasteiger partial charge in [-0.2, -0.15) is 11.8 Å². The predicted molar refractivity (Wildman–Crippen MR) is 60.8 cm³/mol. The minimum absolute atomic E-state index is 0.119. The lowest BCUT2D eigenvalue weighted by Crippen LogP contribution is -2.45. The number of nitrogens with one attached hydrogen (secondary N) is 1. The van der Waals surface area contributed by atoms with E-state index in [1.54, 1.807) is 13.8 Å². The van der Waals surface area contributed by atoms with Gasteiger partial charge in [0.05, 0.1) is 5.75 Å². The molecule has 1 atom stereocenters. The molecule has 0 aliphatic carbocycles. The zero-order chi connectivity index (χ0) is 11.8. The summed E-state index contributed by atoms with van der Waals surface area (Å²) in [7, 11) is 0. The van der Waals surface area contributed by atoms with Crippen molar-refractivity contribution in [3.8, 4) is 0 Å². The highest BCUT2D eigenvalue weighted by Crippen LogP contribution is 2.03. The maximum atomic E-state index is 11.3. The molecule has 0 rings (SSSR count). The maximum absolute atomic E-state index is 11.3. The lowest BCUT2D eigenvalue weighted by atomic mass is 10.1. The molecule has 0 spiro atoms. The summed E-state index contributed by atoms with van der Waals surface area (Å²) in [6.45, 7) is 4.03. The van der Waals surface area contributed by atoms with Crippen molar-refractivity contribution < 1.29 is 14.7 Å². The van der Waals surface area contributed by atoms with Gasteiger partial charge in [-0.25, -0.2) is 4.79 Å². The Morgan fingerprint density at radius 3 is 2.47 bits per heavy atom. The Bertz CT molecular complexity index is 221. The van der Waals surface area contributed by atoms with Gasteiger partial charge in [0.25, 0.3) is 0 Å². The average Bonchev–Trinajstić information content (AvgIpc) is 2.13. The number of carbonyl (C=O) groups excluding carboxylic acids is 1. The molecule has 88 valence electrons. The van der Waals surface area contributed by atoms with Crippen LogP contribution in [0.4, 0.5) is 0 Å². The molecule has 0 aromatic rings. The van der Waals surface area contributed by atoms with E-state index in [-0.39, 0.29) is 17.6 Å². The zero-order valence-electron chi connectivity index (χ0n) is 9.03. The van der Waals surface area contributed by atoms with E-state index in [1.807, 2.05) is 0 Å². The van der Waals surface area contributed by atoms with E-state index in [2.05, 4.69) is 5.32 Å². The second-order valence-corrected chi connectivity index (χ2v) is 4.57. The van der Waals surface area contributed by atoms with E-state index < -0.39 is 12.0 Å². The van der Waals surface area contributed by atoms with Crippen LogP contribution in [0, 0.1) is 5.92 Å². The minimum atomic E-state index is -0.998. The van der Waals surface area contributed by atoms with E-state index in [9.17, 15) is 9.59 Å². The van der Waals surface area contributed by atoms with Crippen LogP contribution >= 0.6 is 11.8 Å². The van der Waals surface area contributed by atoms with Crippen LogP contribution in [0.3, 0.4) is 0 Å². The van der Waals surface area contributed by atoms with Crippen molar-refractivity contribution in [1.82, 2.24) is 5.32 Å². The summed E-state index contributed by atoms with van der Waals surface area (Å²) in [5.41, 5.74) is 5.27. The molecule has 5 nitrogen and oxygen atoms in total. The van der Waals surface area contributed by atoms with Gasteiger partial charge in [-0.15, -0.1) is 0 Å². The Hall–Kier alpha value is -0.750. The number of carboxylic acids is 1. The number of carboxylic acid groups (broad SMARTS) is 1. The fourth-order valence-electron chi connectivity index (χ4n) is 0.977. The smallest absolute Gasteiger partial charge is 0.326 e. The van der Waals surface area contributed by atoms with Crippen LogP contribution in [-0.4, -0.2) is 41.1 Å². The van der Waals surface area contributed by atoms with E-state index in [4.69, 9.17) is 10.8 Å². The summed E-state index contributed by atoms with van der Waals surface area (Å²) >= 11 is 1.40. The van der Waals surface area contributed by atoms with E-state index >= 15 is 0 Å². The third kappa shape index (κ3) is 6.35. The number of carbonyl (C=O) groups is 2. The molecule has 0 radical (unpaired) electrons.